The Bertz CT molecular complexity index is 655. The molecule has 1 aliphatic heterocycles. The fourth-order valence-corrected chi connectivity index (χ4v) is 1.99. The van der Waals surface area contributed by atoms with E-state index in [4.69, 9.17) is 9.47 Å². The monoisotopic (exact) mass is 304 g/mol. The van der Waals surface area contributed by atoms with Crippen LogP contribution in [0.5, 0.6) is 0 Å². The summed E-state index contributed by atoms with van der Waals surface area (Å²) >= 11 is 0. The average Bonchev–Trinajstić information content (AvgIpc) is 2.40. The fourth-order valence-electron chi connectivity index (χ4n) is 1.99. The number of rotatable bonds is 2. The Hall–Kier alpha value is -2.04. The fraction of sp³-hybridized carbons (Fsp3) is 0.545. The van der Waals surface area contributed by atoms with Crippen LogP contribution in [0.1, 0.15) is 13.2 Å². The van der Waals surface area contributed by atoms with Gasteiger partial charge in [-0.25, -0.2) is 4.79 Å². The number of carbonyl (C=O) groups excluding carboxylic acids is 1. The summed E-state index contributed by atoms with van der Waals surface area (Å²) in [6.45, 7) is 0.692. The van der Waals surface area contributed by atoms with Gasteiger partial charge >= 0.3 is 11.7 Å². The van der Waals surface area contributed by atoms with E-state index in [1.807, 2.05) is 0 Å². The summed E-state index contributed by atoms with van der Waals surface area (Å²) in [5, 5.41) is 19.4. The van der Waals surface area contributed by atoms with Gasteiger partial charge in [0.1, 0.15) is 12.2 Å². The molecule has 0 radical (unpaired) electrons. The maximum Gasteiger partial charge on any atom is 0.330 e. The molecule has 0 unspecified atom stereocenters. The van der Waals surface area contributed by atoms with Gasteiger partial charge in [-0.3, -0.25) is 19.1 Å². The molecule has 1 aliphatic rings. The number of hydrogen-bond donors (Lipinski definition) is 3. The predicted octanol–water partition coefficient (Wildman–Crippen LogP) is -2.14. The third-order valence-electron chi connectivity index (χ3n) is 2.95. The number of ether oxygens (including phenoxy) is 2. The van der Waals surface area contributed by atoms with Crippen LogP contribution in [0.4, 0.5) is 4.39 Å². The van der Waals surface area contributed by atoms with Crippen LogP contribution in [-0.4, -0.2) is 50.7 Å². The smallest absolute Gasteiger partial charge is 0.330 e. The number of aliphatic hydroxyl groups is 2. The number of esters is 1. The van der Waals surface area contributed by atoms with Crippen molar-refractivity contribution in [3.05, 3.63) is 32.9 Å². The van der Waals surface area contributed by atoms with Crippen molar-refractivity contribution in [3.8, 4) is 0 Å². The topological polar surface area (TPSA) is 131 Å². The largest absolute Gasteiger partial charge is 0.455 e. The molecule has 21 heavy (non-hydrogen) atoms. The van der Waals surface area contributed by atoms with Gasteiger partial charge in [0.15, 0.2) is 12.3 Å². The minimum Gasteiger partial charge on any atom is -0.455 e. The van der Waals surface area contributed by atoms with Crippen LogP contribution in [0.25, 0.3) is 0 Å². The Balaban J connectivity index is 2.44. The Morgan fingerprint density at radius 1 is 1.52 bits per heavy atom. The number of aliphatic hydroxyl groups excluding tert-OH is 2. The summed E-state index contributed by atoms with van der Waals surface area (Å²) in [5.41, 5.74) is -2.22. The van der Waals surface area contributed by atoms with Gasteiger partial charge in [0.25, 0.3) is 5.56 Å². The molecule has 9 nitrogen and oxygen atoms in total. The van der Waals surface area contributed by atoms with E-state index in [-0.39, 0.29) is 6.61 Å². The molecule has 10 heteroatoms. The Morgan fingerprint density at radius 3 is 2.81 bits per heavy atom. The number of H-pyrrole nitrogens is 1. The molecule has 0 aromatic carbocycles. The van der Waals surface area contributed by atoms with Crippen molar-refractivity contribution in [2.45, 2.75) is 31.5 Å². The first-order chi connectivity index (χ1) is 9.81. The first kappa shape index (κ1) is 15.4. The van der Waals surface area contributed by atoms with E-state index in [2.05, 4.69) is 0 Å². The van der Waals surface area contributed by atoms with Crippen LogP contribution >= 0.6 is 0 Å². The van der Waals surface area contributed by atoms with Crippen molar-refractivity contribution >= 4 is 5.97 Å². The lowest BCUT2D eigenvalue weighted by molar-refractivity contribution is -0.226. The molecule has 0 bridgehead atoms. The number of carbonyl (C=O) groups is 1. The highest BCUT2D eigenvalue weighted by Gasteiger charge is 2.42. The first-order valence-corrected chi connectivity index (χ1v) is 5.97. The normalized spacial score (nSPS) is 29.1. The van der Waals surface area contributed by atoms with E-state index < -0.39 is 47.6 Å². The van der Waals surface area contributed by atoms with Gasteiger partial charge in [-0.2, -0.15) is 4.39 Å². The molecular weight excluding hydrogens is 291 g/mol. The third-order valence-corrected chi connectivity index (χ3v) is 2.95. The maximum atomic E-state index is 13.3. The van der Waals surface area contributed by atoms with Crippen LogP contribution in [0, 0.1) is 5.82 Å². The van der Waals surface area contributed by atoms with Crippen molar-refractivity contribution in [2.24, 2.45) is 0 Å². The number of hydrogen-bond acceptors (Lipinski definition) is 7. The molecular formula is C11H13FN2O7. The van der Waals surface area contributed by atoms with E-state index in [9.17, 15) is 29.0 Å². The van der Waals surface area contributed by atoms with Crippen molar-refractivity contribution in [1.29, 1.82) is 0 Å². The summed E-state index contributed by atoms with van der Waals surface area (Å²) in [5.74, 6) is -2.04. The molecule has 3 N–H and O–H groups in total. The zero-order valence-electron chi connectivity index (χ0n) is 10.9. The zero-order chi connectivity index (χ0) is 15.7. The van der Waals surface area contributed by atoms with Crippen molar-refractivity contribution in [3.63, 3.8) is 0 Å². The van der Waals surface area contributed by atoms with E-state index in [1.54, 1.807) is 4.98 Å². The molecule has 2 rings (SSSR count). The number of aromatic nitrogens is 2. The van der Waals surface area contributed by atoms with Gasteiger partial charge in [0.2, 0.25) is 5.82 Å². The van der Waals surface area contributed by atoms with Gasteiger partial charge < -0.3 is 19.7 Å². The Labute approximate surface area is 116 Å². The summed E-state index contributed by atoms with van der Waals surface area (Å²) in [6.07, 6.45) is -5.11. The first-order valence-electron chi connectivity index (χ1n) is 5.97. The van der Waals surface area contributed by atoms with Crippen molar-refractivity contribution in [2.75, 3.05) is 6.61 Å². The van der Waals surface area contributed by atoms with Crippen LogP contribution in [0.2, 0.25) is 0 Å². The lowest BCUT2D eigenvalue weighted by atomic mass is 10.0. The second-order valence-electron chi connectivity index (χ2n) is 4.50. The summed E-state index contributed by atoms with van der Waals surface area (Å²) < 4.78 is 23.9. The van der Waals surface area contributed by atoms with E-state index >= 15 is 0 Å². The van der Waals surface area contributed by atoms with Crippen LogP contribution in [-0.2, 0) is 14.3 Å². The van der Waals surface area contributed by atoms with Gasteiger partial charge in [0.05, 0.1) is 12.8 Å². The SMILES string of the molecule is CC(=O)O[C@H]1[C@H](O)[C@H](O)CO[C@@H]1n1cc(F)c(=O)[nH]c1=O. The molecule has 0 aliphatic carbocycles. The maximum absolute atomic E-state index is 13.3. The molecule has 1 fully saturated rings. The number of aromatic amines is 1. The van der Waals surface area contributed by atoms with Crippen molar-refractivity contribution < 1.29 is 28.9 Å². The Kier molecular flexibility index (Phi) is 4.21. The summed E-state index contributed by atoms with van der Waals surface area (Å²) in [6, 6.07) is 0. The molecule has 116 valence electrons. The van der Waals surface area contributed by atoms with Gasteiger partial charge in [-0.05, 0) is 0 Å². The van der Waals surface area contributed by atoms with E-state index in [0.717, 1.165) is 6.92 Å². The average molecular weight is 304 g/mol. The highest BCUT2D eigenvalue weighted by molar-refractivity contribution is 5.66. The third kappa shape index (κ3) is 3.01. The standard InChI is InChI=1S/C11H13FN2O7/c1-4(15)21-8-7(17)6(16)3-20-10(8)14-2-5(12)9(18)13-11(14)19/h2,6-8,10,16-17H,3H2,1H3,(H,13,18,19)/t6-,7-,8+,10+/m1/s1. The number of halogens is 1. The molecule has 1 aromatic heterocycles. The molecule has 1 saturated heterocycles. The van der Waals surface area contributed by atoms with Crippen molar-refractivity contribution in [1.82, 2.24) is 9.55 Å². The molecule has 0 saturated carbocycles. The highest BCUT2D eigenvalue weighted by Crippen LogP contribution is 2.25. The van der Waals surface area contributed by atoms with E-state index in [0.29, 0.717) is 10.8 Å². The number of nitrogens with zero attached hydrogens (tertiary/aromatic N) is 1. The summed E-state index contributed by atoms with van der Waals surface area (Å²) in [4.78, 5) is 35.5. The van der Waals surface area contributed by atoms with Gasteiger partial charge in [-0.1, -0.05) is 0 Å². The Morgan fingerprint density at radius 2 is 2.19 bits per heavy atom. The quantitative estimate of drug-likeness (QED) is 0.531. The lowest BCUT2D eigenvalue weighted by Crippen LogP contribution is -2.54. The zero-order valence-corrected chi connectivity index (χ0v) is 10.9. The molecule has 0 spiro atoms. The molecule has 4 atom stereocenters. The minimum atomic E-state index is -1.53. The molecule has 0 amide bonds. The molecule has 1 aromatic rings. The van der Waals surface area contributed by atoms with Crippen LogP contribution in [0.15, 0.2) is 15.8 Å². The van der Waals surface area contributed by atoms with E-state index in [1.165, 1.54) is 0 Å². The minimum absolute atomic E-state index is 0.364. The highest BCUT2D eigenvalue weighted by atomic mass is 19.1. The van der Waals surface area contributed by atoms with Crippen LogP contribution in [0.3, 0.4) is 0 Å². The second-order valence-corrected chi connectivity index (χ2v) is 4.50. The number of nitrogens with one attached hydrogen (secondary N) is 1. The van der Waals surface area contributed by atoms with Crippen LogP contribution < -0.4 is 11.2 Å². The van der Waals surface area contributed by atoms with Gasteiger partial charge in [0, 0.05) is 6.92 Å². The second kappa shape index (κ2) is 5.76. The van der Waals surface area contributed by atoms with Gasteiger partial charge in [-0.15, -0.1) is 0 Å². The predicted molar refractivity (Wildman–Crippen MR) is 63.8 cm³/mol. The summed E-state index contributed by atoms with van der Waals surface area (Å²) in [7, 11) is 0. The molecule has 2 heterocycles. The lowest BCUT2D eigenvalue weighted by Gasteiger charge is -2.37.